The van der Waals surface area contributed by atoms with Gasteiger partial charge in [-0.2, -0.15) is 0 Å². The molecule has 4 aromatic carbocycles. The summed E-state index contributed by atoms with van der Waals surface area (Å²) in [6.45, 7) is 0. The third kappa shape index (κ3) is 4.54. The normalized spacial score (nSPS) is 14.4. The number of nitrogens with one attached hydrogen (secondary N) is 1. The van der Waals surface area contributed by atoms with E-state index in [0.29, 0.717) is 0 Å². The summed E-state index contributed by atoms with van der Waals surface area (Å²) in [5.74, 6) is 0. The van der Waals surface area contributed by atoms with Crippen molar-refractivity contribution in [2.24, 2.45) is 0 Å². The number of nitrogens with zero attached hydrogens (tertiary/aromatic N) is 5. The van der Waals surface area contributed by atoms with Crippen molar-refractivity contribution in [2.45, 2.75) is 6.04 Å². The van der Waals surface area contributed by atoms with Gasteiger partial charge < -0.3 is 14.5 Å². The largest absolute Gasteiger partial charge is 0.379 e. The van der Waals surface area contributed by atoms with Crippen LogP contribution in [0.5, 0.6) is 0 Å². The van der Waals surface area contributed by atoms with E-state index in [1.807, 2.05) is 30.9 Å². The van der Waals surface area contributed by atoms with Crippen LogP contribution < -0.4 is 5.32 Å². The molecule has 50 heavy (non-hydrogen) atoms. The second kappa shape index (κ2) is 11.4. The van der Waals surface area contributed by atoms with Crippen LogP contribution in [-0.2, 0) is 0 Å². The van der Waals surface area contributed by atoms with Crippen LogP contribution in [0.3, 0.4) is 0 Å². The van der Waals surface area contributed by atoms with Crippen LogP contribution in [0.4, 0.5) is 0 Å². The molecule has 5 aromatic heterocycles. The number of rotatable bonds is 5. The van der Waals surface area contributed by atoms with Crippen molar-refractivity contribution in [1.82, 2.24) is 29.4 Å². The zero-order valence-corrected chi connectivity index (χ0v) is 27.0. The van der Waals surface area contributed by atoms with E-state index in [-0.39, 0.29) is 6.04 Å². The molecule has 9 aromatic rings. The summed E-state index contributed by atoms with van der Waals surface area (Å²) in [4.78, 5) is 14.0. The minimum absolute atomic E-state index is 0.0177. The van der Waals surface area contributed by atoms with Gasteiger partial charge in [0, 0.05) is 57.9 Å². The number of hydrogen-bond donors (Lipinski definition) is 1. The van der Waals surface area contributed by atoms with E-state index in [2.05, 4.69) is 159 Å². The molecule has 236 valence electrons. The smallest absolute Gasteiger partial charge is 0.0963 e. The number of allylic oxidation sites excluding steroid dienone is 2. The van der Waals surface area contributed by atoms with Crippen molar-refractivity contribution in [3.8, 4) is 22.5 Å². The van der Waals surface area contributed by atoms with E-state index < -0.39 is 0 Å². The van der Waals surface area contributed by atoms with Crippen molar-refractivity contribution in [3.63, 3.8) is 0 Å². The average Bonchev–Trinajstić information content (AvgIpc) is 3.71. The summed E-state index contributed by atoms with van der Waals surface area (Å²) in [5.41, 5.74) is 13.1. The van der Waals surface area contributed by atoms with Crippen LogP contribution in [0, 0.1) is 0 Å². The van der Waals surface area contributed by atoms with Gasteiger partial charge >= 0.3 is 0 Å². The van der Waals surface area contributed by atoms with Gasteiger partial charge in [-0.1, -0.05) is 78.9 Å². The van der Waals surface area contributed by atoms with Crippen molar-refractivity contribution in [3.05, 3.63) is 182 Å². The number of hydrogen-bond acceptors (Lipinski definition) is 4. The van der Waals surface area contributed by atoms with Gasteiger partial charge in [0.05, 0.1) is 45.5 Å². The topological polar surface area (TPSA) is 60.6 Å². The monoisotopic (exact) mass is 642 g/mol. The summed E-state index contributed by atoms with van der Waals surface area (Å²) >= 11 is 0. The van der Waals surface area contributed by atoms with Crippen molar-refractivity contribution in [1.29, 1.82) is 0 Å². The van der Waals surface area contributed by atoms with Gasteiger partial charge in [0.25, 0.3) is 0 Å². The molecular formula is C44H30N6. The van der Waals surface area contributed by atoms with E-state index in [4.69, 9.17) is 9.97 Å². The van der Waals surface area contributed by atoms with Crippen LogP contribution in [0.2, 0.25) is 0 Å². The minimum atomic E-state index is -0.0177. The van der Waals surface area contributed by atoms with Gasteiger partial charge in [0.2, 0.25) is 0 Å². The van der Waals surface area contributed by atoms with Gasteiger partial charge in [-0.15, -0.1) is 0 Å². The van der Waals surface area contributed by atoms with Crippen LogP contribution >= 0.6 is 0 Å². The van der Waals surface area contributed by atoms with E-state index in [9.17, 15) is 0 Å². The molecule has 0 fully saturated rings. The maximum absolute atomic E-state index is 4.91. The number of dihydropyridines is 1. The first-order valence-corrected chi connectivity index (χ1v) is 16.8. The van der Waals surface area contributed by atoms with Gasteiger partial charge in [-0.3, -0.25) is 15.0 Å². The molecule has 0 radical (unpaired) electrons. The van der Waals surface area contributed by atoms with Crippen LogP contribution in [0.25, 0.3) is 71.8 Å². The van der Waals surface area contributed by atoms with Gasteiger partial charge in [-0.05, 0) is 77.4 Å². The molecule has 0 amide bonds. The van der Waals surface area contributed by atoms with E-state index in [1.54, 1.807) is 0 Å². The minimum Gasteiger partial charge on any atom is -0.379 e. The highest BCUT2D eigenvalue weighted by molar-refractivity contribution is 6.09. The predicted octanol–water partition coefficient (Wildman–Crippen LogP) is 9.97. The third-order valence-electron chi connectivity index (χ3n) is 9.77. The van der Waals surface area contributed by atoms with Crippen molar-refractivity contribution >= 4 is 49.3 Å². The fraction of sp³-hybridized carbons (Fsp3) is 0.0227. The zero-order chi connectivity index (χ0) is 33.0. The first-order chi connectivity index (χ1) is 24.8. The first kappa shape index (κ1) is 28.2. The standard InChI is InChI=1S/C44H30N6/c1-3-14-40-35(12-1)36-21-23-45-28-43(36)50(40)34-11-6-9-30(25-34)32-18-20-39(48-27-32)38-19-17-31(26-47-38)29-8-5-10-33(24-29)49-41-15-4-2-13-37(41)44-42(49)16-7-22-46-44/h1-28,38,47H. The fourth-order valence-corrected chi connectivity index (χ4v) is 7.41. The molecule has 0 bridgehead atoms. The van der Waals surface area contributed by atoms with Crippen molar-refractivity contribution in [2.75, 3.05) is 0 Å². The average molecular weight is 643 g/mol. The van der Waals surface area contributed by atoms with Gasteiger partial charge in [0.15, 0.2) is 0 Å². The summed E-state index contributed by atoms with van der Waals surface area (Å²) < 4.78 is 4.59. The van der Waals surface area contributed by atoms with Crippen LogP contribution in [0.15, 0.2) is 171 Å². The lowest BCUT2D eigenvalue weighted by Gasteiger charge is -2.19. The number of para-hydroxylation sites is 2. The lowest BCUT2D eigenvalue weighted by Crippen LogP contribution is -2.17. The number of aromatic nitrogens is 5. The zero-order valence-electron chi connectivity index (χ0n) is 27.0. The highest BCUT2D eigenvalue weighted by Gasteiger charge is 2.17. The second-order valence-corrected chi connectivity index (χ2v) is 12.6. The number of fused-ring (bicyclic) bond motifs is 6. The quantitative estimate of drug-likeness (QED) is 0.203. The molecule has 0 spiro atoms. The highest BCUT2D eigenvalue weighted by atomic mass is 15.0. The number of benzene rings is 4. The summed E-state index contributed by atoms with van der Waals surface area (Å²) in [5, 5.41) is 7.16. The summed E-state index contributed by atoms with van der Waals surface area (Å²) in [6.07, 6.45) is 14.1. The van der Waals surface area contributed by atoms with Gasteiger partial charge in [0.1, 0.15) is 0 Å². The first-order valence-electron chi connectivity index (χ1n) is 16.8. The molecule has 0 saturated carbocycles. The maximum atomic E-state index is 4.91. The maximum Gasteiger partial charge on any atom is 0.0963 e. The molecule has 1 aliphatic heterocycles. The molecule has 10 rings (SSSR count). The predicted molar refractivity (Wildman–Crippen MR) is 203 cm³/mol. The van der Waals surface area contributed by atoms with Crippen LogP contribution in [-0.4, -0.2) is 24.1 Å². The Morgan fingerprint density at radius 3 is 2.04 bits per heavy atom. The second-order valence-electron chi connectivity index (χ2n) is 12.6. The molecule has 6 heteroatoms. The Hall–Kier alpha value is -6.79. The lowest BCUT2D eigenvalue weighted by molar-refractivity contribution is 0.724. The molecule has 6 nitrogen and oxygen atoms in total. The fourth-order valence-electron chi connectivity index (χ4n) is 7.41. The Bertz CT molecular complexity index is 2690. The molecular weight excluding hydrogens is 613 g/mol. The van der Waals surface area contributed by atoms with E-state index in [0.717, 1.165) is 66.8 Å². The Labute approximate surface area is 288 Å². The van der Waals surface area contributed by atoms with E-state index in [1.165, 1.54) is 16.3 Å². The molecule has 6 heterocycles. The number of pyridine rings is 3. The Morgan fingerprint density at radius 2 is 1.24 bits per heavy atom. The Morgan fingerprint density at radius 1 is 0.520 bits per heavy atom. The van der Waals surface area contributed by atoms with Crippen LogP contribution in [0.1, 0.15) is 17.3 Å². The molecule has 1 aliphatic rings. The summed E-state index contributed by atoms with van der Waals surface area (Å²) in [6, 6.07) is 44.8. The molecule has 1 atom stereocenters. The Kier molecular flexibility index (Phi) is 6.45. The van der Waals surface area contributed by atoms with Gasteiger partial charge in [-0.25, -0.2) is 0 Å². The highest BCUT2D eigenvalue weighted by Crippen LogP contribution is 2.34. The summed E-state index contributed by atoms with van der Waals surface area (Å²) in [7, 11) is 0. The van der Waals surface area contributed by atoms with E-state index >= 15 is 0 Å². The van der Waals surface area contributed by atoms with Crippen molar-refractivity contribution < 1.29 is 0 Å². The molecule has 0 saturated heterocycles. The Balaban J connectivity index is 0.914. The molecule has 0 aliphatic carbocycles. The third-order valence-corrected chi connectivity index (χ3v) is 9.77. The SMILES string of the molecule is C1=CC(c2ccc(-c3cccc(-n4c5ccccc5c5ccncc54)c3)cn2)NC=C1c1cccc(-n2c3ccccc3c3ncccc32)c1. The molecule has 1 N–H and O–H groups in total. The lowest BCUT2D eigenvalue weighted by atomic mass is 10.0. The molecule has 1 unspecified atom stereocenters.